The molecule has 6 nitrogen and oxygen atoms in total. The van der Waals surface area contributed by atoms with E-state index in [4.69, 9.17) is 4.42 Å². The van der Waals surface area contributed by atoms with Crippen molar-refractivity contribution in [3.8, 4) is 11.5 Å². The van der Waals surface area contributed by atoms with Gasteiger partial charge in [-0.1, -0.05) is 24.3 Å². The van der Waals surface area contributed by atoms with E-state index in [1.165, 1.54) is 12.3 Å². The van der Waals surface area contributed by atoms with Crippen molar-refractivity contribution in [3.05, 3.63) is 88.5 Å². The average molecular weight is 343 g/mol. The Morgan fingerprint density at radius 3 is 2.46 bits per heavy atom. The highest BCUT2D eigenvalue weighted by Crippen LogP contribution is 2.26. The van der Waals surface area contributed by atoms with Crippen LogP contribution in [-0.4, -0.2) is 16.1 Å². The van der Waals surface area contributed by atoms with Crippen molar-refractivity contribution in [3.63, 3.8) is 0 Å². The van der Waals surface area contributed by atoms with Crippen molar-refractivity contribution in [1.29, 1.82) is 0 Å². The molecule has 26 heavy (non-hydrogen) atoms. The first-order valence-electron chi connectivity index (χ1n) is 7.94. The molecule has 0 N–H and O–H groups in total. The number of nitro benzene ring substituents is 1. The molecule has 0 saturated heterocycles. The molecule has 0 radical (unpaired) electrons. The van der Waals surface area contributed by atoms with Gasteiger partial charge in [0, 0.05) is 17.8 Å². The van der Waals surface area contributed by atoms with Crippen LogP contribution in [0.5, 0.6) is 0 Å². The molecule has 3 aromatic carbocycles. The van der Waals surface area contributed by atoms with Crippen molar-refractivity contribution >= 4 is 28.7 Å². The zero-order chi connectivity index (χ0) is 17.9. The minimum absolute atomic E-state index is 0.0272. The number of oxazole rings is 1. The Morgan fingerprint density at radius 1 is 0.962 bits per heavy atom. The largest absolute Gasteiger partial charge is 0.436 e. The summed E-state index contributed by atoms with van der Waals surface area (Å²) in [7, 11) is 0. The number of nitrogens with zero attached hydrogens (tertiary/aromatic N) is 3. The molecule has 0 spiro atoms. The molecular formula is C20H13N3O3. The molecule has 0 aliphatic heterocycles. The summed E-state index contributed by atoms with van der Waals surface area (Å²) in [4.78, 5) is 19.4. The average Bonchev–Trinajstić information content (AvgIpc) is 3.11. The Hall–Kier alpha value is -3.80. The van der Waals surface area contributed by atoms with Crippen LogP contribution in [0.25, 0.3) is 22.6 Å². The third-order valence-electron chi connectivity index (χ3n) is 3.89. The summed E-state index contributed by atoms with van der Waals surface area (Å²) in [6.45, 7) is 0. The number of fused-ring (bicyclic) bond motifs is 1. The smallest absolute Gasteiger partial charge is 0.278 e. The first-order valence-corrected chi connectivity index (χ1v) is 7.94. The highest BCUT2D eigenvalue weighted by Gasteiger charge is 2.10. The predicted molar refractivity (Wildman–Crippen MR) is 99.8 cm³/mol. The first-order chi connectivity index (χ1) is 12.7. The molecule has 6 heteroatoms. The quantitative estimate of drug-likeness (QED) is 0.291. The van der Waals surface area contributed by atoms with Crippen LogP contribution in [-0.2, 0) is 0 Å². The molecule has 0 saturated carbocycles. The zero-order valence-electron chi connectivity index (χ0n) is 13.6. The maximum Gasteiger partial charge on any atom is 0.278 e. The molecule has 1 aromatic heterocycles. The molecular weight excluding hydrogens is 330 g/mol. The number of benzene rings is 3. The molecule has 4 aromatic rings. The number of hydrogen-bond donors (Lipinski definition) is 0. The Bertz CT molecular complexity index is 1080. The molecule has 0 amide bonds. The monoisotopic (exact) mass is 343 g/mol. The lowest BCUT2D eigenvalue weighted by Gasteiger charge is -1.98. The number of aliphatic imine (C=N–C) groups is 1. The SMILES string of the molecule is O=[N+]([O-])c1ccccc1C=Nc1ccc(-c2nc3ccccc3o2)cc1. The van der Waals surface area contributed by atoms with Crippen LogP contribution in [0, 0.1) is 10.1 Å². The lowest BCUT2D eigenvalue weighted by atomic mass is 10.2. The molecule has 0 atom stereocenters. The summed E-state index contributed by atoms with van der Waals surface area (Å²) in [5, 5.41) is 11.0. The van der Waals surface area contributed by atoms with E-state index in [1.54, 1.807) is 18.2 Å². The van der Waals surface area contributed by atoms with Gasteiger partial charge < -0.3 is 4.42 Å². The fraction of sp³-hybridized carbons (Fsp3) is 0. The van der Waals surface area contributed by atoms with E-state index in [0.717, 1.165) is 16.7 Å². The van der Waals surface area contributed by atoms with Crippen LogP contribution in [0.15, 0.2) is 82.2 Å². The normalized spacial score (nSPS) is 11.2. The van der Waals surface area contributed by atoms with Gasteiger partial charge >= 0.3 is 0 Å². The third kappa shape index (κ3) is 3.08. The fourth-order valence-corrected chi connectivity index (χ4v) is 2.59. The Kier molecular flexibility index (Phi) is 3.99. The second-order valence-corrected chi connectivity index (χ2v) is 5.61. The van der Waals surface area contributed by atoms with E-state index in [0.29, 0.717) is 17.1 Å². The van der Waals surface area contributed by atoms with Gasteiger partial charge in [-0.3, -0.25) is 15.1 Å². The van der Waals surface area contributed by atoms with Crippen LogP contribution in [0.2, 0.25) is 0 Å². The second kappa shape index (κ2) is 6.60. The van der Waals surface area contributed by atoms with Gasteiger partial charge in [0.15, 0.2) is 5.58 Å². The summed E-state index contributed by atoms with van der Waals surface area (Å²) >= 11 is 0. The number of hydrogen-bond acceptors (Lipinski definition) is 5. The standard InChI is InChI=1S/C20H13N3O3/c24-23(25)18-7-3-1-5-15(18)13-21-16-11-9-14(10-12-16)20-22-17-6-2-4-8-19(17)26-20/h1-13H. The summed E-state index contributed by atoms with van der Waals surface area (Å²) < 4.78 is 5.74. The molecule has 4 rings (SSSR count). The summed E-state index contributed by atoms with van der Waals surface area (Å²) in [6, 6.07) is 21.4. The lowest BCUT2D eigenvalue weighted by molar-refractivity contribution is -0.385. The second-order valence-electron chi connectivity index (χ2n) is 5.61. The van der Waals surface area contributed by atoms with Crippen LogP contribution in [0.4, 0.5) is 11.4 Å². The van der Waals surface area contributed by atoms with Crippen molar-refractivity contribution in [2.45, 2.75) is 0 Å². The third-order valence-corrected chi connectivity index (χ3v) is 3.89. The van der Waals surface area contributed by atoms with Crippen molar-refractivity contribution in [2.24, 2.45) is 4.99 Å². The number of para-hydroxylation sites is 3. The van der Waals surface area contributed by atoms with Gasteiger partial charge in [0.25, 0.3) is 5.69 Å². The zero-order valence-corrected chi connectivity index (χ0v) is 13.6. The van der Waals surface area contributed by atoms with E-state index in [9.17, 15) is 10.1 Å². The summed E-state index contributed by atoms with van der Waals surface area (Å²) in [5.41, 5.74) is 3.55. The van der Waals surface area contributed by atoms with Crippen molar-refractivity contribution in [2.75, 3.05) is 0 Å². The van der Waals surface area contributed by atoms with Gasteiger partial charge in [-0.25, -0.2) is 4.98 Å². The van der Waals surface area contributed by atoms with Crippen LogP contribution < -0.4 is 0 Å². The van der Waals surface area contributed by atoms with Crippen LogP contribution in [0.3, 0.4) is 0 Å². The molecule has 1 heterocycles. The van der Waals surface area contributed by atoms with Gasteiger partial charge in [0.05, 0.1) is 16.2 Å². The molecule has 0 fully saturated rings. The molecule has 0 bridgehead atoms. The van der Waals surface area contributed by atoms with Gasteiger partial charge in [-0.2, -0.15) is 0 Å². The Balaban J connectivity index is 1.59. The Morgan fingerprint density at radius 2 is 1.69 bits per heavy atom. The van der Waals surface area contributed by atoms with Crippen molar-refractivity contribution in [1.82, 2.24) is 4.98 Å². The molecule has 0 aliphatic carbocycles. The van der Waals surface area contributed by atoms with Gasteiger partial charge in [-0.15, -0.1) is 0 Å². The van der Waals surface area contributed by atoms with Gasteiger partial charge in [-0.05, 0) is 42.5 Å². The highest BCUT2D eigenvalue weighted by molar-refractivity contribution is 5.87. The molecule has 126 valence electrons. The summed E-state index contributed by atoms with van der Waals surface area (Å²) in [6.07, 6.45) is 1.49. The topological polar surface area (TPSA) is 81.5 Å². The number of nitro groups is 1. The molecule has 0 aliphatic rings. The predicted octanol–water partition coefficient (Wildman–Crippen LogP) is 5.15. The fourth-order valence-electron chi connectivity index (χ4n) is 2.59. The minimum Gasteiger partial charge on any atom is -0.436 e. The van der Waals surface area contributed by atoms with E-state index in [-0.39, 0.29) is 5.69 Å². The minimum atomic E-state index is -0.419. The maximum atomic E-state index is 11.0. The van der Waals surface area contributed by atoms with Gasteiger partial charge in [0.2, 0.25) is 5.89 Å². The van der Waals surface area contributed by atoms with E-state index in [1.807, 2.05) is 48.5 Å². The van der Waals surface area contributed by atoms with Crippen LogP contribution in [0.1, 0.15) is 5.56 Å². The number of rotatable bonds is 4. The van der Waals surface area contributed by atoms with Gasteiger partial charge in [0.1, 0.15) is 5.52 Å². The lowest BCUT2D eigenvalue weighted by Crippen LogP contribution is -1.93. The molecule has 0 unspecified atom stereocenters. The van der Waals surface area contributed by atoms with E-state index < -0.39 is 4.92 Å². The van der Waals surface area contributed by atoms with E-state index in [2.05, 4.69) is 9.98 Å². The van der Waals surface area contributed by atoms with E-state index >= 15 is 0 Å². The maximum absolute atomic E-state index is 11.0. The summed E-state index contributed by atoms with van der Waals surface area (Å²) in [5.74, 6) is 0.542. The highest BCUT2D eigenvalue weighted by atomic mass is 16.6. The van der Waals surface area contributed by atoms with Crippen molar-refractivity contribution < 1.29 is 9.34 Å². The number of aromatic nitrogens is 1. The first kappa shape index (κ1) is 15.7. The Labute approximate surface area is 148 Å². The van der Waals surface area contributed by atoms with Crippen LogP contribution >= 0.6 is 0 Å².